The summed E-state index contributed by atoms with van der Waals surface area (Å²) >= 11 is 0. The van der Waals surface area contributed by atoms with Crippen LogP contribution in [0, 0.1) is 11.3 Å². The molecule has 0 aliphatic heterocycles. The van der Waals surface area contributed by atoms with Crippen molar-refractivity contribution in [1.29, 1.82) is 5.26 Å². The third kappa shape index (κ3) is 2.42. The first-order chi connectivity index (χ1) is 6.65. The lowest BCUT2D eigenvalue weighted by molar-refractivity contribution is 0.0191. The quantitative estimate of drug-likeness (QED) is 0.625. The molecule has 1 aromatic heterocycles. The summed E-state index contributed by atoms with van der Waals surface area (Å²) < 4.78 is 0. The van der Waals surface area contributed by atoms with Crippen LogP contribution in [0.25, 0.3) is 0 Å². The zero-order valence-corrected chi connectivity index (χ0v) is 7.46. The molecule has 0 radical (unpaired) electrons. The number of aromatic nitrogens is 1. The molecule has 0 saturated carbocycles. The second kappa shape index (κ2) is 4.56. The SMILES string of the molecule is N#CCC(O)C(O)c1cccc(N)n1. The van der Waals surface area contributed by atoms with Gasteiger partial charge in [-0.15, -0.1) is 0 Å². The molecule has 1 heterocycles. The topological polar surface area (TPSA) is 103 Å². The molecule has 0 aromatic carbocycles. The van der Waals surface area contributed by atoms with Crippen LogP contribution in [0.4, 0.5) is 5.82 Å². The van der Waals surface area contributed by atoms with Crippen molar-refractivity contribution in [3.8, 4) is 6.07 Å². The molecule has 2 atom stereocenters. The van der Waals surface area contributed by atoms with Gasteiger partial charge in [0.05, 0.1) is 24.3 Å². The number of pyridine rings is 1. The van der Waals surface area contributed by atoms with Crippen LogP contribution in [-0.2, 0) is 0 Å². The number of hydrogen-bond acceptors (Lipinski definition) is 5. The van der Waals surface area contributed by atoms with Gasteiger partial charge in [0.1, 0.15) is 11.9 Å². The number of aliphatic hydroxyl groups is 2. The number of anilines is 1. The Kier molecular flexibility index (Phi) is 3.40. The highest BCUT2D eigenvalue weighted by atomic mass is 16.3. The zero-order valence-electron chi connectivity index (χ0n) is 7.46. The average molecular weight is 193 g/mol. The van der Waals surface area contributed by atoms with Gasteiger partial charge in [-0.3, -0.25) is 0 Å². The highest BCUT2D eigenvalue weighted by molar-refractivity contribution is 5.29. The van der Waals surface area contributed by atoms with Crippen LogP contribution in [0.2, 0.25) is 0 Å². The highest BCUT2D eigenvalue weighted by Crippen LogP contribution is 2.17. The number of nitriles is 1. The monoisotopic (exact) mass is 193 g/mol. The minimum Gasteiger partial charge on any atom is -0.389 e. The molecule has 0 spiro atoms. The summed E-state index contributed by atoms with van der Waals surface area (Å²) in [5.41, 5.74) is 5.67. The Balaban J connectivity index is 2.79. The van der Waals surface area contributed by atoms with Crippen LogP contribution in [0.15, 0.2) is 18.2 Å². The fraction of sp³-hybridized carbons (Fsp3) is 0.333. The largest absolute Gasteiger partial charge is 0.389 e. The van der Waals surface area contributed by atoms with E-state index in [2.05, 4.69) is 4.98 Å². The van der Waals surface area contributed by atoms with E-state index < -0.39 is 12.2 Å². The highest BCUT2D eigenvalue weighted by Gasteiger charge is 2.19. The third-order valence-corrected chi connectivity index (χ3v) is 1.76. The first-order valence-electron chi connectivity index (χ1n) is 4.10. The Morgan fingerprint density at radius 1 is 1.50 bits per heavy atom. The maximum Gasteiger partial charge on any atom is 0.123 e. The molecule has 14 heavy (non-hydrogen) atoms. The van der Waals surface area contributed by atoms with E-state index in [1.807, 2.05) is 0 Å². The Hall–Kier alpha value is -1.64. The molecule has 0 amide bonds. The third-order valence-electron chi connectivity index (χ3n) is 1.76. The summed E-state index contributed by atoms with van der Waals surface area (Å²) in [6.45, 7) is 0. The summed E-state index contributed by atoms with van der Waals surface area (Å²) in [5.74, 6) is 0.269. The van der Waals surface area contributed by atoms with Crippen molar-refractivity contribution < 1.29 is 10.2 Å². The molecule has 0 fully saturated rings. The summed E-state index contributed by atoms with van der Waals surface area (Å²) in [7, 11) is 0. The van der Waals surface area contributed by atoms with Gasteiger partial charge in [0.15, 0.2) is 0 Å². The Morgan fingerprint density at radius 2 is 2.21 bits per heavy atom. The summed E-state index contributed by atoms with van der Waals surface area (Å²) in [5, 5.41) is 27.2. The van der Waals surface area contributed by atoms with Gasteiger partial charge in [0, 0.05) is 0 Å². The van der Waals surface area contributed by atoms with E-state index in [0.29, 0.717) is 0 Å². The number of nitrogens with zero attached hydrogens (tertiary/aromatic N) is 2. The van der Waals surface area contributed by atoms with Crippen molar-refractivity contribution in [2.24, 2.45) is 0 Å². The zero-order chi connectivity index (χ0) is 10.6. The predicted octanol–water partition coefficient (Wildman–Crippen LogP) is -0.0282. The minimum atomic E-state index is -1.17. The normalized spacial score (nSPS) is 14.4. The van der Waals surface area contributed by atoms with Gasteiger partial charge >= 0.3 is 0 Å². The van der Waals surface area contributed by atoms with Crippen molar-refractivity contribution >= 4 is 5.82 Å². The van der Waals surface area contributed by atoms with Crippen molar-refractivity contribution in [2.45, 2.75) is 18.6 Å². The maximum atomic E-state index is 9.53. The summed E-state index contributed by atoms with van der Waals surface area (Å²) in [4.78, 5) is 3.83. The molecule has 0 bridgehead atoms. The van der Waals surface area contributed by atoms with Crippen LogP contribution in [0.5, 0.6) is 0 Å². The van der Waals surface area contributed by atoms with Crippen LogP contribution >= 0.6 is 0 Å². The molecule has 74 valence electrons. The molecular weight excluding hydrogens is 182 g/mol. The summed E-state index contributed by atoms with van der Waals surface area (Å²) in [6.07, 6.45) is -2.44. The van der Waals surface area contributed by atoms with Gasteiger partial charge in [-0.2, -0.15) is 5.26 Å². The molecule has 0 aliphatic rings. The Labute approximate surface area is 81.4 Å². The van der Waals surface area contributed by atoms with E-state index in [4.69, 9.17) is 11.0 Å². The lowest BCUT2D eigenvalue weighted by Crippen LogP contribution is -2.18. The van der Waals surface area contributed by atoms with Gasteiger partial charge in [-0.1, -0.05) is 6.07 Å². The summed E-state index contributed by atoms with van der Waals surface area (Å²) in [6, 6.07) is 6.51. The number of hydrogen-bond donors (Lipinski definition) is 3. The molecule has 5 nitrogen and oxygen atoms in total. The molecule has 0 aliphatic carbocycles. The standard InChI is InChI=1S/C9H11N3O2/c10-5-4-7(13)9(14)6-2-1-3-8(11)12-6/h1-3,7,9,13-14H,4H2,(H2,11,12). The van der Waals surface area contributed by atoms with Crippen LogP contribution in [0.1, 0.15) is 18.2 Å². The maximum absolute atomic E-state index is 9.53. The molecule has 0 saturated heterocycles. The predicted molar refractivity (Wildman–Crippen MR) is 49.8 cm³/mol. The number of nitrogens with two attached hydrogens (primary N) is 1. The van der Waals surface area contributed by atoms with E-state index in [0.717, 1.165) is 0 Å². The lowest BCUT2D eigenvalue weighted by atomic mass is 10.1. The molecule has 1 rings (SSSR count). The molecule has 5 heteroatoms. The van der Waals surface area contributed by atoms with Crippen LogP contribution in [-0.4, -0.2) is 21.3 Å². The van der Waals surface area contributed by atoms with E-state index in [-0.39, 0.29) is 17.9 Å². The van der Waals surface area contributed by atoms with Crippen molar-refractivity contribution in [3.05, 3.63) is 23.9 Å². The van der Waals surface area contributed by atoms with Gasteiger partial charge in [0.25, 0.3) is 0 Å². The molecular formula is C9H11N3O2. The fourth-order valence-corrected chi connectivity index (χ4v) is 1.04. The van der Waals surface area contributed by atoms with E-state index in [9.17, 15) is 10.2 Å². The second-order valence-corrected chi connectivity index (χ2v) is 2.86. The minimum absolute atomic E-state index is 0.141. The molecule has 1 aromatic rings. The number of nitrogen functional groups attached to an aromatic ring is 1. The molecule has 2 unspecified atom stereocenters. The van der Waals surface area contributed by atoms with Gasteiger partial charge in [-0.25, -0.2) is 4.98 Å². The van der Waals surface area contributed by atoms with Crippen molar-refractivity contribution in [1.82, 2.24) is 4.98 Å². The van der Waals surface area contributed by atoms with Crippen LogP contribution in [0.3, 0.4) is 0 Å². The smallest absolute Gasteiger partial charge is 0.123 e. The Morgan fingerprint density at radius 3 is 2.79 bits per heavy atom. The van der Waals surface area contributed by atoms with Gasteiger partial charge in [-0.05, 0) is 12.1 Å². The average Bonchev–Trinajstić information content (AvgIpc) is 2.17. The lowest BCUT2D eigenvalue weighted by Gasteiger charge is -2.14. The Bertz CT molecular complexity index is 348. The first-order valence-corrected chi connectivity index (χ1v) is 4.10. The van der Waals surface area contributed by atoms with E-state index in [1.165, 1.54) is 0 Å². The van der Waals surface area contributed by atoms with E-state index >= 15 is 0 Å². The van der Waals surface area contributed by atoms with Crippen molar-refractivity contribution in [2.75, 3.05) is 5.73 Å². The first kappa shape index (κ1) is 10.4. The number of aliphatic hydroxyl groups excluding tert-OH is 2. The fourth-order valence-electron chi connectivity index (χ4n) is 1.04. The molecule has 4 N–H and O–H groups in total. The van der Waals surface area contributed by atoms with Gasteiger partial charge < -0.3 is 15.9 Å². The van der Waals surface area contributed by atoms with Crippen molar-refractivity contribution in [3.63, 3.8) is 0 Å². The number of rotatable bonds is 3. The van der Waals surface area contributed by atoms with E-state index in [1.54, 1.807) is 24.3 Å². The van der Waals surface area contributed by atoms with Gasteiger partial charge in [0.2, 0.25) is 0 Å². The van der Waals surface area contributed by atoms with Crippen LogP contribution < -0.4 is 5.73 Å². The second-order valence-electron chi connectivity index (χ2n) is 2.86.